The third-order valence-electron chi connectivity index (χ3n) is 1.85. The van der Waals surface area contributed by atoms with Crippen LogP contribution >= 0.6 is 0 Å². The molecule has 1 rings (SSSR count). The zero-order valence-corrected chi connectivity index (χ0v) is 8.12. The average molecular weight is 180 g/mol. The van der Waals surface area contributed by atoms with Gasteiger partial charge in [-0.15, -0.1) is 0 Å². The van der Waals surface area contributed by atoms with Crippen molar-refractivity contribution >= 4 is 11.5 Å². The molecule has 0 saturated heterocycles. The normalized spacial score (nSPS) is 10.7. The lowest BCUT2D eigenvalue weighted by atomic mass is 10.2. The summed E-state index contributed by atoms with van der Waals surface area (Å²) in [4.78, 5) is 6.09. The highest BCUT2D eigenvalue weighted by atomic mass is 15.0. The molecule has 0 spiro atoms. The maximum Gasteiger partial charge on any atom is 0.126 e. The second-order valence-corrected chi connectivity index (χ2v) is 3.37. The van der Waals surface area contributed by atoms with Crippen molar-refractivity contribution in [2.24, 2.45) is 0 Å². The number of nitrogens with two attached hydrogens (primary N) is 2. The van der Waals surface area contributed by atoms with Gasteiger partial charge in [-0.1, -0.05) is 0 Å². The molecule has 0 atom stereocenters. The number of nitrogens with zero attached hydrogens (tertiary/aromatic N) is 2. The van der Waals surface area contributed by atoms with Crippen LogP contribution < -0.4 is 11.5 Å². The van der Waals surface area contributed by atoms with Crippen molar-refractivity contribution in [3.63, 3.8) is 0 Å². The van der Waals surface area contributed by atoms with Crippen molar-refractivity contribution in [1.29, 1.82) is 0 Å². The van der Waals surface area contributed by atoms with E-state index in [4.69, 9.17) is 11.5 Å². The zero-order valence-electron chi connectivity index (χ0n) is 8.12. The minimum atomic E-state index is 0.580. The molecular weight excluding hydrogens is 164 g/mol. The quantitative estimate of drug-likeness (QED) is 0.704. The Morgan fingerprint density at radius 3 is 2.69 bits per heavy atom. The predicted octanol–water partition coefficient (Wildman–Crippen LogP) is 0.350. The van der Waals surface area contributed by atoms with Gasteiger partial charge in [0, 0.05) is 6.54 Å². The van der Waals surface area contributed by atoms with Gasteiger partial charge in [0.15, 0.2) is 0 Å². The summed E-state index contributed by atoms with van der Waals surface area (Å²) in [6.07, 6.45) is 2.46. The highest BCUT2D eigenvalue weighted by Crippen LogP contribution is 2.12. The van der Waals surface area contributed by atoms with Gasteiger partial charge in [0.1, 0.15) is 5.82 Å². The summed E-state index contributed by atoms with van der Waals surface area (Å²) < 4.78 is 0. The first-order chi connectivity index (χ1) is 6.09. The minimum absolute atomic E-state index is 0.580. The fourth-order valence-electron chi connectivity index (χ4n) is 1.08. The summed E-state index contributed by atoms with van der Waals surface area (Å²) in [7, 11) is 4.05. The van der Waals surface area contributed by atoms with Crippen molar-refractivity contribution < 1.29 is 0 Å². The first-order valence-electron chi connectivity index (χ1n) is 4.24. The SMILES string of the molecule is CN(C)CCc1cc(N)cnc1N. The molecule has 4 N–H and O–H groups in total. The summed E-state index contributed by atoms with van der Waals surface area (Å²) >= 11 is 0. The molecule has 0 aliphatic heterocycles. The standard InChI is InChI=1S/C9H16N4/c1-13(2)4-3-7-5-8(10)6-12-9(7)11/h5-6H,3-4,10H2,1-2H3,(H2,11,12). The topological polar surface area (TPSA) is 68.2 Å². The number of likely N-dealkylation sites (N-methyl/N-ethyl adjacent to an activating group) is 1. The van der Waals surface area contributed by atoms with Crippen LogP contribution in [-0.2, 0) is 6.42 Å². The van der Waals surface area contributed by atoms with Gasteiger partial charge in [-0.25, -0.2) is 4.98 Å². The van der Waals surface area contributed by atoms with Gasteiger partial charge in [0.2, 0.25) is 0 Å². The molecule has 13 heavy (non-hydrogen) atoms. The smallest absolute Gasteiger partial charge is 0.126 e. The second-order valence-electron chi connectivity index (χ2n) is 3.37. The van der Waals surface area contributed by atoms with Gasteiger partial charge >= 0.3 is 0 Å². The molecule has 1 aromatic rings. The Hall–Kier alpha value is -1.29. The van der Waals surface area contributed by atoms with Gasteiger partial charge in [0.25, 0.3) is 0 Å². The van der Waals surface area contributed by atoms with Crippen LogP contribution in [0.2, 0.25) is 0 Å². The van der Waals surface area contributed by atoms with E-state index in [9.17, 15) is 0 Å². The Bertz CT molecular complexity index is 283. The molecule has 0 aliphatic rings. The fourth-order valence-corrected chi connectivity index (χ4v) is 1.08. The van der Waals surface area contributed by atoms with Crippen molar-refractivity contribution in [3.8, 4) is 0 Å². The number of hydrogen-bond acceptors (Lipinski definition) is 4. The van der Waals surface area contributed by atoms with Crippen LogP contribution in [0.25, 0.3) is 0 Å². The Labute approximate surface area is 78.6 Å². The molecule has 0 amide bonds. The largest absolute Gasteiger partial charge is 0.397 e. The number of anilines is 2. The highest BCUT2D eigenvalue weighted by molar-refractivity contribution is 5.48. The van der Waals surface area contributed by atoms with E-state index in [2.05, 4.69) is 9.88 Å². The second kappa shape index (κ2) is 4.09. The number of pyridine rings is 1. The molecule has 1 heterocycles. The minimum Gasteiger partial charge on any atom is -0.397 e. The van der Waals surface area contributed by atoms with E-state index in [0.29, 0.717) is 11.5 Å². The molecule has 0 aliphatic carbocycles. The van der Waals surface area contributed by atoms with Crippen LogP contribution in [0.4, 0.5) is 11.5 Å². The van der Waals surface area contributed by atoms with Crippen LogP contribution in [0.3, 0.4) is 0 Å². The van der Waals surface area contributed by atoms with E-state index in [-0.39, 0.29) is 0 Å². The summed E-state index contributed by atoms with van der Waals surface area (Å²) in [6, 6.07) is 1.88. The number of aromatic nitrogens is 1. The zero-order chi connectivity index (χ0) is 9.84. The van der Waals surface area contributed by atoms with Crippen LogP contribution in [0, 0.1) is 0 Å². The number of hydrogen-bond donors (Lipinski definition) is 2. The lowest BCUT2D eigenvalue weighted by molar-refractivity contribution is 0.414. The molecule has 4 heteroatoms. The Morgan fingerprint density at radius 1 is 1.38 bits per heavy atom. The first kappa shape index (κ1) is 9.80. The maximum absolute atomic E-state index is 5.69. The predicted molar refractivity (Wildman–Crippen MR) is 55.3 cm³/mol. The Morgan fingerprint density at radius 2 is 2.08 bits per heavy atom. The molecule has 0 bridgehead atoms. The van der Waals surface area contributed by atoms with E-state index in [1.54, 1.807) is 6.20 Å². The van der Waals surface area contributed by atoms with Crippen LogP contribution in [0.1, 0.15) is 5.56 Å². The molecule has 1 aromatic heterocycles. The Balaban J connectivity index is 2.70. The molecule has 0 radical (unpaired) electrons. The van der Waals surface area contributed by atoms with Crippen LogP contribution in [0.5, 0.6) is 0 Å². The van der Waals surface area contributed by atoms with Crippen molar-refractivity contribution in [1.82, 2.24) is 9.88 Å². The molecule has 72 valence electrons. The molecule has 0 aromatic carbocycles. The van der Waals surface area contributed by atoms with Crippen molar-refractivity contribution in [2.75, 3.05) is 32.1 Å². The maximum atomic E-state index is 5.69. The molecular formula is C9H16N4. The summed E-state index contributed by atoms with van der Waals surface area (Å²) in [5, 5.41) is 0. The molecule has 0 saturated carbocycles. The van der Waals surface area contributed by atoms with E-state index in [0.717, 1.165) is 18.5 Å². The summed E-state index contributed by atoms with van der Waals surface area (Å²) in [5.74, 6) is 0.580. The fraction of sp³-hybridized carbons (Fsp3) is 0.444. The first-order valence-corrected chi connectivity index (χ1v) is 4.24. The van der Waals surface area contributed by atoms with E-state index >= 15 is 0 Å². The molecule has 0 fully saturated rings. The number of nitrogen functional groups attached to an aromatic ring is 2. The third-order valence-corrected chi connectivity index (χ3v) is 1.85. The van der Waals surface area contributed by atoms with Crippen molar-refractivity contribution in [2.45, 2.75) is 6.42 Å². The molecule has 4 nitrogen and oxygen atoms in total. The summed E-state index contributed by atoms with van der Waals surface area (Å²) in [5.41, 5.74) is 13.0. The third kappa shape index (κ3) is 2.91. The molecule has 0 unspecified atom stereocenters. The summed E-state index contributed by atoms with van der Waals surface area (Å²) in [6.45, 7) is 0.954. The average Bonchev–Trinajstić information content (AvgIpc) is 2.06. The lowest BCUT2D eigenvalue weighted by Crippen LogP contribution is -2.16. The van der Waals surface area contributed by atoms with Gasteiger partial charge in [-0.3, -0.25) is 0 Å². The van der Waals surface area contributed by atoms with Gasteiger partial charge in [-0.05, 0) is 32.1 Å². The van der Waals surface area contributed by atoms with E-state index < -0.39 is 0 Å². The van der Waals surface area contributed by atoms with Gasteiger partial charge in [0.05, 0.1) is 11.9 Å². The van der Waals surface area contributed by atoms with Crippen LogP contribution in [0.15, 0.2) is 12.3 Å². The van der Waals surface area contributed by atoms with E-state index in [1.165, 1.54) is 0 Å². The monoisotopic (exact) mass is 180 g/mol. The van der Waals surface area contributed by atoms with Gasteiger partial charge in [-0.2, -0.15) is 0 Å². The Kier molecular flexibility index (Phi) is 3.08. The van der Waals surface area contributed by atoms with Crippen LogP contribution in [-0.4, -0.2) is 30.5 Å². The number of rotatable bonds is 3. The highest BCUT2D eigenvalue weighted by Gasteiger charge is 2.01. The lowest BCUT2D eigenvalue weighted by Gasteiger charge is -2.10. The van der Waals surface area contributed by atoms with Crippen molar-refractivity contribution in [3.05, 3.63) is 17.8 Å². The van der Waals surface area contributed by atoms with Gasteiger partial charge < -0.3 is 16.4 Å². The van der Waals surface area contributed by atoms with E-state index in [1.807, 2.05) is 20.2 Å².